The van der Waals surface area contributed by atoms with Crippen LogP contribution in [0, 0.1) is 6.92 Å². The standard InChI is InChI=1S/C16H25N3O/c1-12-10-13(11-15(17-2)18-12)16(20)19-14-8-6-4-3-5-7-9-14/h10-11,14H,3-9H2,1-2H3,(H,17,18)(H,19,20). The highest BCUT2D eigenvalue weighted by Gasteiger charge is 2.15. The predicted octanol–water partition coefficient (Wildman–Crippen LogP) is 3.27. The first-order valence-corrected chi connectivity index (χ1v) is 7.66. The van der Waals surface area contributed by atoms with Crippen LogP contribution in [-0.4, -0.2) is 24.0 Å². The topological polar surface area (TPSA) is 54.0 Å². The number of aromatic nitrogens is 1. The summed E-state index contributed by atoms with van der Waals surface area (Å²) in [6.45, 7) is 1.91. The lowest BCUT2D eigenvalue weighted by Crippen LogP contribution is -2.35. The van der Waals surface area contributed by atoms with Gasteiger partial charge in [0.25, 0.3) is 5.91 Å². The van der Waals surface area contributed by atoms with Gasteiger partial charge in [-0.3, -0.25) is 4.79 Å². The highest BCUT2D eigenvalue weighted by Crippen LogP contribution is 2.18. The second-order valence-electron chi connectivity index (χ2n) is 5.65. The summed E-state index contributed by atoms with van der Waals surface area (Å²) in [5, 5.41) is 6.18. The molecule has 4 heteroatoms. The fourth-order valence-electron chi connectivity index (χ4n) is 2.80. The van der Waals surface area contributed by atoms with Gasteiger partial charge in [0.2, 0.25) is 0 Å². The lowest BCUT2D eigenvalue weighted by Gasteiger charge is -2.21. The van der Waals surface area contributed by atoms with Crippen LogP contribution in [0.2, 0.25) is 0 Å². The van der Waals surface area contributed by atoms with E-state index < -0.39 is 0 Å². The molecule has 1 heterocycles. The number of nitrogens with one attached hydrogen (secondary N) is 2. The zero-order valence-electron chi connectivity index (χ0n) is 12.5. The smallest absolute Gasteiger partial charge is 0.251 e. The Morgan fingerprint density at radius 1 is 1.15 bits per heavy atom. The van der Waals surface area contributed by atoms with Crippen molar-refractivity contribution in [3.63, 3.8) is 0 Å². The van der Waals surface area contributed by atoms with Crippen LogP contribution in [-0.2, 0) is 0 Å². The molecule has 1 aliphatic carbocycles. The summed E-state index contributed by atoms with van der Waals surface area (Å²) in [6, 6.07) is 3.99. The maximum Gasteiger partial charge on any atom is 0.251 e. The molecule has 0 unspecified atom stereocenters. The zero-order chi connectivity index (χ0) is 14.4. The van der Waals surface area contributed by atoms with Gasteiger partial charge in [-0.1, -0.05) is 32.1 Å². The van der Waals surface area contributed by atoms with Gasteiger partial charge in [0.15, 0.2) is 0 Å². The van der Waals surface area contributed by atoms with Crippen molar-refractivity contribution in [1.29, 1.82) is 0 Å². The van der Waals surface area contributed by atoms with Gasteiger partial charge in [-0.15, -0.1) is 0 Å². The monoisotopic (exact) mass is 275 g/mol. The molecule has 0 radical (unpaired) electrons. The Bertz CT molecular complexity index is 451. The molecule has 0 aromatic carbocycles. The fraction of sp³-hybridized carbons (Fsp3) is 0.625. The Morgan fingerprint density at radius 3 is 2.45 bits per heavy atom. The van der Waals surface area contributed by atoms with Crippen molar-refractivity contribution >= 4 is 11.7 Å². The molecule has 1 aromatic heterocycles. The van der Waals surface area contributed by atoms with Gasteiger partial charge in [0.05, 0.1) is 0 Å². The van der Waals surface area contributed by atoms with E-state index in [-0.39, 0.29) is 5.91 Å². The number of hydrogen-bond acceptors (Lipinski definition) is 3. The molecule has 0 saturated heterocycles. The van der Waals surface area contributed by atoms with Crippen molar-refractivity contribution in [1.82, 2.24) is 10.3 Å². The minimum atomic E-state index is 0.0255. The third-order valence-electron chi connectivity index (χ3n) is 3.91. The number of anilines is 1. The van der Waals surface area contributed by atoms with Crippen LogP contribution in [0.5, 0.6) is 0 Å². The minimum absolute atomic E-state index is 0.0255. The normalized spacial score (nSPS) is 17.1. The van der Waals surface area contributed by atoms with Crippen LogP contribution < -0.4 is 10.6 Å². The Labute approximate surface area is 121 Å². The largest absolute Gasteiger partial charge is 0.373 e. The van der Waals surface area contributed by atoms with E-state index in [2.05, 4.69) is 15.6 Å². The third kappa shape index (κ3) is 4.22. The first-order valence-electron chi connectivity index (χ1n) is 7.66. The number of aryl methyl sites for hydroxylation is 1. The first kappa shape index (κ1) is 14.8. The number of nitrogens with zero attached hydrogens (tertiary/aromatic N) is 1. The summed E-state index contributed by atoms with van der Waals surface area (Å²) >= 11 is 0. The van der Waals surface area contributed by atoms with Crippen molar-refractivity contribution in [2.75, 3.05) is 12.4 Å². The number of hydrogen-bond donors (Lipinski definition) is 2. The van der Waals surface area contributed by atoms with Gasteiger partial charge in [0.1, 0.15) is 5.82 Å². The van der Waals surface area contributed by atoms with Crippen molar-refractivity contribution in [3.05, 3.63) is 23.4 Å². The molecule has 2 rings (SSSR count). The van der Waals surface area contributed by atoms with Gasteiger partial charge in [-0.2, -0.15) is 0 Å². The van der Waals surface area contributed by atoms with Gasteiger partial charge in [0, 0.05) is 24.3 Å². The first-order chi connectivity index (χ1) is 9.69. The van der Waals surface area contributed by atoms with E-state index in [1.165, 1.54) is 32.1 Å². The van der Waals surface area contributed by atoms with Crippen molar-refractivity contribution in [2.45, 2.75) is 57.9 Å². The molecular weight excluding hydrogens is 250 g/mol. The molecule has 20 heavy (non-hydrogen) atoms. The molecule has 2 N–H and O–H groups in total. The maximum atomic E-state index is 12.4. The van der Waals surface area contributed by atoms with Gasteiger partial charge >= 0.3 is 0 Å². The van der Waals surface area contributed by atoms with E-state index in [0.29, 0.717) is 11.6 Å². The molecule has 1 aliphatic rings. The zero-order valence-corrected chi connectivity index (χ0v) is 12.5. The summed E-state index contributed by atoms with van der Waals surface area (Å²) in [5.74, 6) is 0.769. The van der Waals surface area contributed by atoms with E-state index in [1.54, 1.807) is 0 Å². The molecular formula is C16H25N3O. The molecule has 1 aromatic rings. The summed E-state index contributed by atoms with van der Waals surface area (Å²) in [5.41, 5.74) is 1.56. The van der Waals surface area contributed by atoms with Crippen molar-refractivity contribution in [3.8, 4) is 0 Å². The van der Waals surface area contributed by atoms with E-state index in [0.717, 1.165) is 24.4 Å². The molecule has 0 atom stereocenters. The molecule has 1 fully saturated rings. The second kappa shape index (κ2) is 7.27. The van der Waals surface area contributed by atoms with Crippen LogP contribution in [0.15, 0.2) is 12.1 Å². The molecule has 1 saturated carbocycles. The van der Waals surface area contributed by atoms with E-state index in [4.69, 9.17) is 0 Å². The van der Waals surface area contributed by atoms with Gasteiger partial charge in [-0.25, -0.2) is 4.98 Å². The highest BCUT2D eigenvalue weighted by molar-refractivity contribution is 5.95. The summed E-state index contributed by atoms with van der Waals surface area (Å²) < 4.78 is 0. The van der Waals surface area contributed by atoms with Crippen molar-refractivity contribution in [2.24, 2.45) is 0 Å². The maximum absolute atomic E-state index is 12.4. The summed E-state index contributed by atoms with van der Waals surface area (Å²) in [7, 11) is 1.82. The van der Waals surface area contributed by atoms with E-state index in [9.17, 15) is 4.79 Å². The summed E-state index contributed by atoms with van der Waals surface area (Å²) in [6.07, 6.45) is 8.60. The number of pyridine rings is 1. The Kier molecular flexibility index (Phi) is 5.39. The van der Waals surface area contributed by atoms with Crippen LogP contribution in [0.3, 0.4) is 0 Å². The van der Waals surface area contributed by atoms with Crippen LogP contribution in [0.4, 0.5) is 5.82 Å². The SMILES string of the molecule is CNc1cc(C(=O)NC2CCCCCCC2)cc(C)n1. The minimum Gasteiger partial charge on any atom is -0.373 e. The van der Waals surface area contributed by atoms with Crippen LogP contribution >= 0.6 is 0 Å². The fourth-order valence-corrected chi connectivity index (χ4v) is 2.80. The highest BCUT2D eigenvalue weighted by atomic mass is 16.1. The number of carbonyl (C=O) groups is 1. The van der Waals surface area contributed by atoms with Crippen LogP contribution in [0.1, 0.15) is 61.0 Å². The Morgan fingerprint density at radius 2 is 1.80 bits per heavy atom. The second-order valence-corrected chi connectivity index (χ2v) is 5.65. The van der Waals surface area contributed by atoms with Crippen molar-refractivity contribution < 1.29 is 4.79 Å². The number of carbonyl (C=O) groups excluding carboxylic acids is 1. The third-order valence-corrected chi connectivity index (χ3v) is 3.91. The lowest BCUT2D eigenvalue weighted by molar-refractivity contribution is 0.0930. The molecule has 0 aliphatic heterocycles. The number of amides is 1. The van der Waals surface area contributed by atoms with Gasteiger partial charge < -0.3 is 10.6 Å². The lowest BCUT2D eigenvalue weighted by atomic mass is 9.96. The molecule has 110 valence electrons. The Balaban J connectivity index is 2.01. The summed E-state index contributed by atoms with van der Waals surface area (Å²) in [4.78, 5) is 16.7. The average molecular weight is 275 g/mol. The molecule has 0 spiro atoms. The molecule has 1 amide bonds. The number of rotatable bonds is 3. The average Bonchev–Trinajstić information content (AvgIpc) is 2.40. The molecule has 0 bridgehead atoms. The molecule has 4 nitrogen and oxygen atoms in total. The Hall–Kier alpha value is -1.58. The van der Waals surface area contributed by atoms with E-state index >= 15 is 0 Å². The van der Waals surface area contributed by atoms with Crippen LogP contribution in [0.25, 0.3) is 0 Å². The predicted molar refractivity (Wildman–Crippen MR) is 82.1 cm³/mol. The van der Waals surface area contributed by atoms with Gasteiger partial charge in [-0.05, 0) is 31.9 Å². The quantitative estimate of drug-likeness (QED) is 0.890. The van der Waals surface area contributed by atoms with E-state index in [1.807, 2.05) is 26.1 Å².